The van der Waals surface area contributed by atoms with E-state index in [1.807, 2.05) is 0 Å². The van der Waals surface area contributed by atoms with Crippen molar-refractivity contribution >= 4 is 11.9 Å². The summed E-state index contributed by atoms with van der Waals surface area (Å²) in [6.45, 7) is 6.86. The SMILES string of the molecule is Cc1cc(C(=O)N[C@@H](C(=O)O)C(C)(C)C)no1. The van der Waals surface area contributed by atoms with E-state index < -0.39 is 23.3 Å². The van der Waals surface area contributed by atoms with Crippen LogP contribution in [-0.2, 0) is 4.79 Å². The van der Waals surface area contributed by atoms with E-state index >= 15 is 0 Å². The molecular formula is C11H16N2O4. The first-order valence-corrected chi connectivity index (χ1v) is 5.19. The molecule has 0 fully saturated rings. The van der Waals surface area contributed by atoms with Gasteiger partial charge in [-0.2, -0.15) is 0 Å². The third-order valence-electron chi connectivity index (χ3n) is 2.25. The quantitative estimate of drug-likeness (QED) is 0.828. The van der Waals surface area contributed by atoms with E-state index in [4.69, 9.17) is 9.63 Å². The monoisotopic (exact) mass is 240 g/mol. The lowest BCUT2D eigenvalue weighted by Crippen LogP contribution is -2.49. The molecule has 1 rings (SSSR count). The Bertz CT molecular complexity index is 431. The number of carboxylic acids is 1. The standard InChI is InChI=1S/C11H16N2O4/c1-6-5-7(13-17-6)9(14)12-8(10(15)16)11(2,3)4/h5,8H,1-4H3,(H,12,14)(H,15,16)/t8-/m0/s1. The lowest BCUT2D eigenvalue weighted by Gasteiger charge is -2.27. The maximum atomic E-state index is 11.7. The van der Waals surface area contributed by atoms with Crippen molar-refractivity contribution in [2.24, 2.45) is 5.41 Å². The molecule has 0 saturated heterocycles. The maximum Gasteiger partial charge on any atom is 0.326 e. The Morgan fingerprint density at radius 3 is 2.41 bits per heavy atom. The molecule has 2 N–H and O–H groups in total. The van der Waals surface area contributed by atoms with Crippen molar-refractivity contribution < 1.29 is 19.2 Å². The van der Waals surface area contributed by atoms with Gasteiger partial charge in [-0.05, 0) is 12.3 Å². The number of hydrogen-bond donors (Lipinski definition) is 2. The van der Waals surface area contributed by atoms with E-state index in [9.17, 15) is 9.59 Å². The molecule has 0 radical (unpaired) electrons. The van der Waals surface area contributed by atoms with Gasteiger partial charge in [0.15, 0.2) is 5.69 Å². The molecule has 0 spiro atoms. The third kappa shape index (κ3) is 3.30. The van der Waals surface area contributed by atoms with Gasteiger partial charge in [0, 0.05) is 6.07 Å². The van der Waals surface area contributed by atoms with Gasteiger partial charge in [0.05, 0.1) is 0 Å². The van der Waals surface area contributed by atoms with E-state index in [0.717, 1.165) is 0 Å². The van der Waals surface area contributed by atoms with Gasteiger partial charge >= 0.3 is 5.97 Å². The second-order valence-corrected chi connectivity index (χ2v) is 4.93. The van der Waals surface area contributed by atoms with Crippen molar-refractivity contribution in [1.82, 2.24) is 10.5 Å². The van der Waals surface area contributed by atoms with Crippen LogP contribution in [0.1, 0.15) is 37.0 Å². The Kier molecular flexibility index (Phi) is 3.55. The van der Waals surface area contributed by atoms with Crippen LogP contribution in [-0.4, -0.2) is 28.2 Å². The summed E-state index contributed by atoms with van der Waals surface area (Å²) in [5.41, 5.74) is -0.502. The lowest BCUT2D eigenvalue weighted by molar-refractivity contribution is -0.142. The Labute approximate surface area is 99.0 Å². The number of aliphatic carboxylic acids is 1. The summed E-state index contributed by atoms with van der Waals surface area (Å²) in [7, 11) is 0. The molecular weight excluding hydrogens is 224 g/mol. The summed E-state index contributed by atoms with van der Waals surface area (Å²) in [5, 5.41) is 15.0. The van der Waals surface area contributed by atoms with E-state index in [0.29, 0.717) is 5.76 Å². The molecule has 0 aliphatic rings. The smallest absolute Gasteiger partial charge is 0.326 e. The molecule has 0 saturated carbocycles. The number of nitrogens with zero attached hydrogens (tertiary/aromatic N) is 1. The van der Waals surface area contributed by atoms with Gasteiger partial charge in [-0.1, -0.05) is 25.9 Å². The number of rotatable bonds is 3. The molecule has 0 unspecified atom stereocenters. The molecule has 1 heterocycles. The van der Waals surface area contributed by atoms with Crippen LogP contribution in [0.15, 0.2) is 10.6 Å². The van der Waals surface area contributed by atoms with Gasteiger partial charge in [-0.25, -0.2) is 4.79 Å². The molecule has 17 heavy (non-hydrogen) atoms. The minimum atomic E-state index is -1.08. The molecule has 1 amide bonds. The summed E-state index contributed by atoms with van der Waals surface area (Å²) in [6.07, 6.45) is 0. The summed E-state index contributed by atoms with van der Waals surface area (Å²) in [4.78, 5) is 22.8. The predicted octanol–water partition coefficient (Wildman–Crippen LogP) is 1.21. The number of aromatic nitrogens is 1. The Morgan fingerprint density at radius 2 is 2.06 bits per heavy atom. The molecule has 6 heteroatoms. The van der Waals surface area contributed by atoms with Gasteiger partial charge in [-0.15, -0.1) is 0 Å². The summed E-state index contributed by atoms with van der Waals surface area (Å²) >= 11 is 0. The fraction of sp³-hybridized carbons (Fsp3) is 0.545. The zero-order valence-electron chi connectivity index (χ0n) is 10.3. The van der Waals surface area contributed by atoms with Crippen LogP contribution in [0, 0.1) is 12.3 Å². The van der Waals surface area contributed by atoms with E-state index in [1.54, 1.807) is 27.7 Å². The maximum absolute atomic E-state index is 11.7. The summed E-state index contributed by atoms with van der Waals surface area (Å²) in [6, 6.07) is 0.476. The fourth-order valence-corrected chi connectivity index (χ4v) is 1.33. The molecule has 1 atom stereocenters. The average Bonchev–Trinajstić information content (AvgIpc) is 2.58. The molecule has 0 aromatic carbocycles. The van der Waals surface area contributed by atoms with Crippen LogP contribution in [0.5, 0.6) is 0 Å². The van der Waals surface area contributed by atoms with Crippen LogP contribution >= 0.6 is 0 Å². The normalized spacial score (nSPS) is 13.2. The third-order valence-corrected chi connectivity index (χ3v) is 2.25. The Hall–Kier alpha value is -1.85. The highest BCUT2D eigenvalue weighted by Crippen LogP contribution is 2.19. The van der Waals surface area contributed by atoms with Gasteiger partial charge in [0.2, 0.25) is 0 Å². The molecule has 6 nitrogen and oxygen atoms in total. The van der Waals surface area contributed by atoms with E-state index in [2.05, 4.69) is 10.5 Å². The number of hydrogen-bond acceptors (Lipinski definition) is 4. The van der Waals surface area contributed by atoms with Gasteiger partial charge in [-0.3, -0.25) is 4.79 Å². The average molecular weight is 240 g/mol. The lowest BCUT2D eigenvalue weighted by atomic mass is 9.86. The Morgan fingerprint density at radius 1 is 1.47 bits per heavy atom. The fourth-order valence-electron chi connectivity index (χ4n) is 1.33. The first kappa shape index (κ1) is 13.2. The first-order valence-electron chi connectivity index (χ1n) is 5.19. The van der Waals surface area contributed by atoms with Crippen LogP contribution in [0.3, 0.4) is 0 Å². The topological polar surface area (TPSA) is 92.4 Å². The van der Waals surface area contributed by atoms with Crippen LogP contribution in [0.4, 0.5) is 0 Å². The minimum absolute atomic E-state index is 0.0815. The van der Waals surface area contributed by atoms with Crippen molar-refractivity contribution in [2.75, 3.05) is 0 Å². The number of carbonyl (C=O) groups excluding carboxylic acids is 1. The van der Waals surface area contributed by atoms with Crippen molar-refractivity contribution in [2.45, 2.75) is 33.7 Å². The molecule has 94 valence electrons. The second kappa shape index (κ2) is 4.57. The highest BCUT2D eigenvalue weighted by Gasteiger charge is 2.33. The van der Waals surface area contributed by atoms with Gasteiger partial charge in [0.1, 0.15) is 11.8 Å². The van der Waals surface area contributed by atoms with E-state index in [1.165, 1.54) is 6.07 Å². The highest BCUT2D eigenvalue weighted by molar-refractivity contribution is 5.95. The van der Waals surface area contributed by atoms with Crippen molar-refractivity contribution in [3.05, 3.63) is 17.5 Å². The number of carboxylic acid groups (broad SMARTS) is 1. The predicted molar refractivity (Wildman–Crippen MR) is 59.6 cm³/mol. The van der Waals surface area contributed by atoms with E-state index in [-0.39, 0.29) is 5.69 Å². The van der Waals surface area contributed by atoms with Crippen LogP contribution < -0.4 is 5.32 Å². The minimum Gasteiger partial charge on any atom is -0.480 e. The molecule has 1 aromatic heterocycles. The van der Waals surface area contributed by atoms with Gasteiger partial charge in [0.25, 0.3) is 5.91 Å². The Balaban J connectivity index is 2.82. The van der Waals surface area contributed by atoms with Crippen molar-refractivity contribution in [1.29, 1.82) is 0 Å². The van der Waals surface area contributed by atoms with Crippen LogP contribution in [0.2, 0.25) is 0 Å². The zero-order chi connectivity index (χ0) is 13.2. The summed E-state index contributed by atoms with van der Waals surface area (Å²) in [5.74, 6) is -1.13. The molecule has 0 aliphatic carbocycles. The number of aryl methyl sites for hydroxylation is 1. The molecule has 1 aromatic rings. The second-order valence-electron chi connectivity index (χ2n) is 4.93. The number of amides is 1. The molecule has 0 aliphatic heterocycles. The van der Waals surface area contributed by atoms with Crippen LogP contribution in [0.25, 0.3) is 0 Å². The van der Waals surface area contributed by atoms with Gasteiger partial charge < -0.3 is 14.9 Å². The van der Waals surface area contributed by atoms with Crippen molar-refractivity contribution in [3.8, 4) is 0 Å². The summed E-state index contributed by atoms with van der Waals surface area (Å²) < 4.78 is 4.76. The number of carbonyl (C=O) groups is 2. The largest absolute Gasteiger partial charge is 0.480 e. The zero-order valence-corrected chi connectivity index (χ0v) is 10.3. The molecule has 0 bridgehead atoms. The number of nitrogens with one attached hydrogen (secondary N) is 1. The first-order chi connectivity index (χ1) is 7.71. The van der Waals surface area contributed by atoms with Crippen molar-refractivity contribution in [3.63, 3.8) is 0 Å². The highest BCUT2D eigenvalue weighted by atomic mass is 16.5.